The van der Waals surface area contributed by atoms with Gasteiger partial charge in [0.05, 0.1) is 12.2 Å². The second kappa shape index (κ2) is 3.74. The van der Waals surface area contributed by atoms with Crippen molar-refractivity contribution in [3.8, 4) is 0 Å². The van der Waals surface area contributed by atoms with E-state index in [-0.39, 0.29) is 0 Å². The van der Waals surface area contributed by atoms with Crippen molar-refractivity contribution in [2.75, 3.05) is 18.0 Å². The summed E-state index contributed by atoms with van der Waals surface area (Å²) in [7, 11) is 0. The third-order valence-corrected chi connectivity index (χ3v) is 3.52. The van der Waals surface area contributed by atoms with Gasteiger partial charge in [0.1, 0.15) is 5.82 Å². The summed E-state index contributed by atoms with van der Waals surface area (Å²) in [4.78, 5) is 6.89. The number of hydrogen-bond donors (Lipinski definition) is 0. The van der Waals surface area contributed by atoms with Gasteiger partial charge < -0.3 is 9.64 Å². The molecule has 1 aromatic rings. The first-order valence-electron chi connectivity index (χ1n) is 6.09. The highest BCUT2D eigenvalue weighted by Gasteiger charge is 2.38. The molecule has 3 aliphatic heterocycles. The van der Waals surface area contributed by atoms with Crippen LogP contribution >= 0.6 is 0 Å². The Kier molecular flexibility index (Phi) is 2.36. The molecule has 0 aliphatic carbocycles. The van der Waals surface area contributed by atoms with Crippen LogP contribution in [-0.4, -0.2) is 30.3 Å². The molecule has 3 nitrogen and oxygen atoms in total. The van der Waals surface area contributed by atoms with Gasteiger partial charge in [0, 0.05) is 25.7 Å². The van der Waals surface area contributed by atoms with Crippen LogP contribution in [0, 0.1) is 0 Å². The summed E-state index contributed by atoms with van der Waals surface area (Å²) in [5.74, 6) is 1.65. The number of hydrogen-bond acceptors (Lipinski definition) is 3. The lowest BCUT2D eigenvalue weighted by molar-refractivity contribution is -0.133. The van der Waals surface area contributed by atoms with Crippen molar-refractivity contribution in [1.82, 2.24) is 4.98 Å². The smallest absolute Gasteiger partial charge is 0.128 e. The molecule has 2 bridgehead atoms. The molecule has 3 heteroatoms. The van der Waals surface area contributed by atoms with E-state index >= 15 is 0 Å². The zero-order valence-electron chi connectivity index (χ0n) is 9.89. The van der Waals surface area contributed by atoms with Crippen LogP contribution in [0.3, 0.4) is 0 Å². The molecule has 3 fully saturated rings. The van der Waals surface area contributed by atoms with E-state index in [1.807, 2.05) is 6.20 Å². The fourth-order valence-corrected chi connectivity index (χ4v) is 2.47. The lowest BCUT2D eigenvalue weighted by Crippen LogP contribution is -2.57. The second-order valence-electron chi connectivity index (χ2n) is 5.13. The average molecular weight is 218 g/mol. The highest BCUT2D eigenvalue weighted by molar-refractivity contribution is 5.41. The Morgan fingerprint density at radius 2 is 2.00 bits per heavy atom. The minimum absolute atomic E-state index is 0.449. The summed E-state index contributed by atoms with van der Waals surface area (Å²) in [5, 5.41) is 0. The predicted octanol–water partition coefficient (Wildman–Crippen LogP) is 2.18. The van der Waals surface area contributed by atoms with Crippen LogP contribution in [0.1, 0.15) is 31.7 Å². The highest BCUT2D eigenvalue weighted by Crippen LogP contribution is 2.30. The molecule has 4 rings (SSSR count). The monoisotopic (exact) mass is 218 g/mol. The molecule has 2 unspecified atom stereocenters. The van der Waals surface area contributed by atoms with Gasteiger partial charge in [0.15, 0.2) is 0 Å². The number of pyridine rings is 1. The Labute approximate surface area is 96.4 Å². The molecule has 0 amide bonds. The summed E-state index contributed by atoms with van der Waals surface area (Å²) >= 11 is 0. The summed E-state index contributed by atoms with van der Waals surface area (Å²) in [5.41, 5.74) is 1.31. The van der Waals surface area contributed by atoms with E-state index in [9.17, 15) is 0 Å². The average Bonchev–Trinajstić information content (AvgIpc) is 2.28. The lowest BCUT2D eigenvalue weighted by Gasteiger charge is -2.47. The Hall–Kier alpha value is -1.09. The van der Waals surface area contributed by atoms with E-state index in [1.54, 1.807) is 0 Å². The van der Waals surface area contributed by atoms with Gasteiger partial charge in [0.25, 0.3) is 0 Å². The van der Waals surface area contributed by atoms with Crippen LogP contribution in [0.5, 0.6) is 0 Å². The molecule has 0 aromatic carbocycles. The summed E-state index contributed by atoms with van der Waals surface area (Å²) in [6.45, 7) is 6.40. The van der Waals surface area contributed by atoms with Gasteiger partial charge in [-0.1, -0.05) is 19.9 Å². The fraction of sp³-hybridized carbons (Fsp3) is 0.615. The molecule has 86 valence electrons. The Morgan fingerprint density at radius 3 is 2.50 bits per heavy atom. The van der Waals surface area contributed by atoms with Crippen LogP contribution in [0.25, 0.3) is 0 Å². The molecule has 0 radical (unpaired) electrons. The van der Waals surface area contributed by atoms with E-state index in [4.69, 9.17) is 4.74 Å². The Bertz CT molecular complexity index is 358. The van der Waals surface area contributed by atoms with Gasteiger partial charge in [-0.3, -0.25) is 0 Å². The molecule has 16 heavy (non-hydrogen) atoms. The van der Waals surface area contributed by atoms with Crippen LogP contribution in [0.2, 0.25) is 0 Å². The van der Waals surface area contributed by atoms with Crippen molar-refractivity contribution in [1.29, 1.82) is 0 Å². The van der Waals surface area contributed by atoms with Crippen LogP contribution in [0.4, 0.5) is 5.82 Å². The van der Waals surface area contributed by atoms with Crippen LogP contribution < -0.4 is 4.90 Å². The zero-order valence-corrected chi connectivity index (χ0v) is 9.89. The molecule has 0 saturated carbocycles. The van der Waals surface area contributed by atoms with Crippen molar-refractivity contribution in [2.24, 2.45) is 0 Å². The number of piperidine rings is 1. The number of aromatic nitrogens is 1. The quantitative estimate of drug-likeness (QED) is 0.760. The predicted molar refractivity (Wildman–Crippen MR) is 63.8 cm³/mol. The first kappa shape index (κ1) is 10.1. The van der Waals surface area contributed by atoms with E-state index in [2.05, 4.69) is 35.9 Å². The Morgan fingerprint density at radius 1 is 1.31 bits per heavy atom. The van der Waals surface area contributed by atoms with Gasteiger partial charge in [0.2, 0.25) is 0 Å². The first-order valence-corrected chi connectivity index (χ1v) is 6.09. The summed E-state index contributed by atoms with van der Waals surface area (Å²) < 4.78 is 5.62. The van der Waals surface area contributed by atoms with E-state index < -0.39 is 0 Å². The number of fused-ring (bicyclic) bond motifs is 2. The number of nitrogens with zero attached hydrogens (tertiary/aromatic N) is 2. The molecule has 3 aliphatic rings. The van der Waals surface area contributed by atoms with E-state index in [0.717, 1.165) is 18.9 Å². The van der Waals surface area contributed by atoms with Crippen LogP contribution in [-0.2, 0) is 4.74 Å². The number of morpholine rings is 1. The summed E-state index contributed by atoms with van der Waals surface area (Å²) in [6, 6.07) is 4.33. The Balaban J connectivity index is 1.74. The number of ether oxygens (including phenoxy) is 1. The van der Waals surface area contributed by atoms with Gasteiger partial charge in [-0.15, -0.1) is 0 Å². The first-order chi connectivity index (χ1) is 7.72. The minimum Gasteiger partial charge on any atom is -0.371 e. The second-order valence-corrected chi connectivity index (χ2v) is 5.13. The van der Waals surface area contributed by atoms with Crippen molar-refractivity contribution < 1.29 is 4.74 Å². The largest absolute Gasteiger partial charge is 0.371 e. The van der Waals surface area contributed by atoms with Crippen molar-refractivity contribution in [3.63, 3.8) is 0 Å². The molecule has 0 N–H and O–H groups in total. The van der Waals surface area contributed by atoms with Gasteiger partial charge in [-0.2, -0.15) is 0 Å². The summed E-state index contributed by atoms with van der Waals surface area (Å²) in [6.07, 6.45) is 4.14. The van der Waals surface area contributed by atoms with Crippen molar-refractivity contribution >= 4 is 5.82 Å². The SMILES string of the molecule is CC(C)c1ccc(N2CC3CC(C2)O3)nc1. The van der Waals surface area contributed by atoms with Gasteiger partial charge in [-0.25, -0.2) is 4.98 Å². The lowest BCUT2D eigenvalue weighted by atomic mass is 9.98. The minimum atomic E-state index is 0.449. The normalized spacial score (nSPS) is 28.1. The van der Waals surface area contributed by atoms with Crippen molar-refractivity contribution in [2.45, 2.75) is 38.4 Å². The maximum atomic E-state index is 5.62. The van der Waals surface area contributed by atoms with Gasteiger partial charge in [-0.05, 0) is 17.5 Å². The third kappa shape index (κ3) is 1.69. The maximum absolute atomic E-state index is 5.62. The van der Waals surface area contributed by atoms with E-state index in [0.29, 0.717) is 18.1 Å². The number of rotatable bonds is 2. The molecule has 3 saturated heterocycles. The van der Waals surface area contributed by atoms with Crippen LogP contribution in [0.15, 0.2) is 18.3 Å². The third-order valence-electron chi connectivity index (χ3n) is 3.52. The van der Waals surface area contributed by atoms with E-state index in [1.165, 1.54) is 12.0 Å². The molecular weight excluding hydrogens is 200 g/mol. The topological polar surface area (TPSA) is 25.4 Å². The molecule has 1 aromatic heterocycles. The van der Waals surface area contributed by atoms with Gasteiger partial charge >= 0.3 is 0 Å². The maximum Gasteiger partial charge on any atom is 0.128 e. The molecule has 4 heterocycles. The zero-order chi connectivity index (χ0) is 11.1. The molecule has 0 spiro atoms. The molecule has 2 atom stereocenters. The number of anilines is 1. The van der Waals surface area contributed by atoms with Crippen molar-refractivity contribution in [3.05, 3.63) is 23.9 Å². The highest BCUT2D eigenvalue weighted by atomic mass is 16.5. The molecular formula is C13H18N2O. The standard InChI is InChI=1S/C13H18N2O/c1-9(2)10-3-4-13(14-6-10)15-7-11-5-12(8-15)16-11/h3-4,6,9,11-12H,5,7-8H2,1-2H3. The fourth-order valence-electron chi connectivity index (χ4n) is 2.47.